The van der Waals surface area contributed by atoms with Crippen molar-refractivity contribution in [2.75, 3.05) is 11.9 Å². The van der Waals surface area contributed by atoms with Gasteiger partial charge in [0, 0.05) is 10.4 Å². The summed E-state index contributed by atoms with van der Waals surface area (Å²) in [5, 5.41) is 3.54. The summed E-state index contributed by atoms with van der Waals surface area (Å²) in [4.78, 5) is 26.2. The van der Waals surface area contributed by atoms with Crippen LogP contribution in [0.4, 0.5) is 5.00 Å². The number of ether oxygens (including phenoxy) is 1. The molecule has 126 valence electrons. The third-order valence-corrected chi connectivity index (χ3v) is 5.32. The highest BCUT2D eigenvalue weighted by atomic mass is 32.1. The fourth-order valence-electron chi connectivity index (χ4n) is 3.19. The predicted octanol–water partition coefficient (Wildman–Crippen LogP) is 4.28. The maximum Gasteiger partial charge on any atom is 0.341 e. The van der Waals surface area contributed by atoms with Gasteiger partial charge in [-0.05, 0) is 57.7 Å². The zero-order valence-electron chi connectivity index (χ0n) is 14.2. The van der Waals surface area contributed by atoms with Crippen molar-refractivity contribution in [1.82, 2.24) is 0 Å². The minimum Gasteiger partial charge on any atom is -0.462 e. The first-order valence-corrected chi connectivity index (χ1v) is 9.02. The number of hydrogen-bond donors (Lipinski definition) is 1. The van der Waals surface area contributed by atoms with Crippen molar-refractivity contribution in [3.05, 3.63) is 50.9 Å². The van der Waals surface area contributed by atoms with Crippen LogP contribution in [0, 0.1) is 13.8 Å². The van der Waals surface area contributed by atoms with Crippen LogP contribution in [0.3, 0.4) is 0 Å². The minimum atomic E-state index is -0.340. The van der Waals surface area contributed by atoms with Gasteiger partial charge in [-0.15, -0.1) is 11.3 Å². The van der Waals surface area contributed by atoms with Crippen molar-refractivity contribution < 1.29 is 14.3 Å². The van der Waals surface area contributed by atoms with Gasteiger partial charge in [-0.3, -0.25) is 4.79 Å². The smallest absolute Gasteiger partial charge is 0.341 e. The molecule has 1 aliphatic carbocycles. The summed E-state index contributed by atoms with van der Waals surface area (Å²) < 4.78 is 5.19. The summed E-state index contributed by atoms with van der Waals surface area (Å²) in [7, 11) is 0. The van der Waals surface area contributed by atoms with Gasteiger partial charge in [-0.1, -0.05) is 17.2 Å². The molecule has 0 fully saturated rings. The van der Waals surface area contributed by atoms with Gasteiger partial charge >= 0.3 is 5.97 Å². The topological polar surface area (TPSA) is 55.4 Å². The number of anilines is 1. The van der Waals surface area contributed by atoms with E-state index in [1.807, 2.05) is 32.0 Å². The SMILES string of the molecule is CCOC(=O)c1c(NC(=O)c2cc(C)cc(C)c2)sc2c1CCC2. The molecule has 0 bridgehead atoms. The molecule has 0 radical (unpaired) electrons. The van der Waals surface area contributed by atoms with E-state index in [1.54, 1.807) is 6.92 Å². The molecule has 1 N–H and O–H groups in total. The number of carbonyl (C=O) groups is 2. The average molecular weight is 343 g/mol. The minimum absolute atomic E-state index is 0.188. The van der Waals surface area contributed by atoms with Crippen molar-refractivity contribution in [2.24, 2.45) is 0 Å². The number of fused-ring (bicyclic) bond motifs is 1. The maximum absolute atomic E-state index is 12.6. The standard InChI is InChI=1S/C19H21NO3S/c1-4-23-19(22)16-14-6-5-7-15(14)24-18(16)20-17(21)13-9-11(2)8-12(3)10-13/h8-10H,4-7H2,1-3H3,(H,20,21). The van der Waals surface area contributed by atoms with Gasteiger partial charge in [0.1, 0.15) is 5.00 Å². The number of aryl methyl sites for hydroxylation is 3. The molecule has 0 saturated heterocycles. The van der Waals surface area contributed by atoms with E-state index in [0.29, 0.717) is 22.7 Å². The van der Waals surface area contributed by atoms with Crippen molar-refractivity contribution >= 4 is 28.2 Å². The van der Waals surface area contributed by atoms with Crippen LogP contribution in [0.1, 0.15) is 55.6 Å². The lowest BCUT2D eigenvalue weighted by molar-refractivity contribution is 0.0527. The first kappa shape index (κ1) is 16.7. The summed E-state index contributed by atoms with van der Waals surface area (Å²) in [6.07, 6.45) is 2.89. The Morgan fingerprint density at radius 3 is 2.54 bits per heavy atom. The lowest BCUT2D eigenvalue weighted by Gasteiger charge is -2.09. The van der Waals surface area contributed by atoms with Gasteiger partial charge in [0.05, 0.1) is 12.2 Å². The molecule has 1 aromatic carbocycles. The molecule has 1 amide bonds. The second-order valence-corrected chi connectivity index (χ2v) is 7.22. The first-order valence-electron chi connectivity index (χ1n) is 8.21. The average Bonchev–Trinajstić information content (AvgIpc) is 3.06. The number of esters is 1. The zero-order valence-corrected chi connectivity index (χ0v) is 15.0. The molecule has 4 nitrogen and oxygen atoms in total. The maximum atomic E-state index is 12.6. The van der Waals surface area contributed by atoms with Crippen LogP contribution in [0.25, 0.3) is 0 Å². The summed E-state index contributed by atoms with van der Waals surface area (Å²) in [6.45, 7) is 6.05. The monoisotopic (exact) mass is 343 g/mol. The summed E-state index contributed by atoms with van der Waals surface area (Å²) in [5.74, 6) is -0.528. The van der Waals surface area contributed by atoms with Crippen molar-refractivity contribution in [1.29, 1.82) is 0 Å². The normalized spacial score (nSPS) is 12.8. The molecular formula is C19H21NO3S. The Morgan fingerprint density at radius 1 is 1.17 bits per heavy atom. The van der Waals surface area contributed by atoms with E-state index in [0.717, 1.165) is 36.0 Å². The van der Waals surface area contributed by atoms with Gasteiger partial charge in [0.2, 0.25) is 0 Å². The Bertz CT molecular complexity index is 787. The predicted molar refractivity (Wildman–Crippen MR) is 96.2 cm³/mol. The molecule has 2 aromatic rings. The number of carbonyl (C=O) groups excluding carboxylic acids is 2. The molecule has 0 unspecified atom stereocenters. The fraction of sp³-hybridized carbons (Fsp3) is 0.368. The van der Waals surface area contributed by atoms with E-state index in [9.17, 15) is 9.59 Å². The molecule has 3 rings (SSSR count). The van der Waals surface area contributed by atoms with Crippen LogP contribution in [0.5, 0.6) is 0 Å². The lowest BCUT2D eigenvalue weighted by Crippen LogP contribution is -2.15. The molecule has 0 saturated carbocycles. The van der Waals surface area contributed by atoms with E-state index in [1.165, 1.54) is 16.2 Å². The van der Waals surface area contributed by atoms with Crippen molar-refractivity contribution in [3.63, 3.8) is 0 Å². The van der Waals surface area contributed by atoms with Gasteiger partial charge in [0.15, 0.2) is 0 Å². The van der Waals surface area contributed by atoms with Crippen LogP contribution < -0.4 is 5.32 Å². The highest BCUT2D eigenvalue weighted by Gasteiger charge is 2.28. The van der Waals surface area contributed by atoms with Crippen LogP contribution in [0.15, 0.2) is 18.2 Å². The van der Waals surface area contributed by atoms with Gasteiger partial charge < -0.3 is 10.1 Å². The number of nitrogens with one attached hydrogen (secondary N) is 1. The van der Waals surface area contributed by atoms with Crippen LogP contribution in [0.2, 0.25) is 0 Å². The van der Waals surface area contributed by atoms with Crippen LogP contribution in [-0.2, 0) is 17.6 Å². The molecule has 1 heterocycles. The Labute approximate surface area is 145 Å². The van der Waals surface area contributed by atoms with Crippen molar-refractivity contribution in [2.45, 2.75) is 40.0 Å². The van der Waals surface area contributed by atoms with E-state index >= 15 is 0 Å². The van der Waals surface area contributed by atoms with E-state index < -0.39 is 0 Å². The number of thiophene rings is 1. The Morgan fingerprint density at radius 2 is 1.88 bits per heavy atom. The Kier molecular flexibility index (Phi) is 4.71. The largest absolute Gasteiger partial charge is 0.462 e. The highest BCUT2D eigenvalue weighted by Crippen LogP contribution is 2.39. The van der Waals surface area contributed by atoms with E-state index in [2.05, 4.69) is 5.32 Å². The van der Waals surface area contributed by atoms with Crippen LogP contribution in [-0.4, -0.2) is 18.5 Å². The van der Waals surface area contributed by atoms with Gasteiger partial charge in [-0.2, -0.15) is 0 Å². The lowest BCUT2D eigenvalue weighted by atomic mass is 10.1. The molecule has 0 atom stereocenters. The summed E-state index contributed by atoms with van der Waals surface area (Å²) in [5.41, 5.74) is 4.29. The molecule has 0 spiro atoms. The Balaban J connectivity index is 1.92. The molecule has 0 aliphatic heterocycles. The molecule has 5 heteroatoms. The van der Waals surface area contributed by atoms with E-state index in [-0.39, 0.29) is 11.9 Å². The number of hydrogen-bond acceptors (Lipinski definition) is 4. The third kappa shape index (κ3) is 3.22. The Hall–Kier alpha value is -2.14. The number of benzene rings is 1. The second-order valence-electron chi connectivity index (χ2n) is 6.11. The molecule has 1 aliphatic rings. The summed E-state index contributed by atoms with van der Waals surface area (Å²) >= 11 is 1.50. The summed E-state index contributed by atoms with van der Waals surface area (Å²) in [6, 6.07) is 5.74. The molecule has 1 aromatic heterocycles. The van der Waals surface area contributed by atoms with Gasteiger partial charge in [0.25, 0.3) is 5.91 Å². The number of amides is 1. The van der Waals surface area contributed by atoms with Crippen molar-refractivity contribution in [3.8, 4) is 0 Å². The zero-order chi connectivity index (χ0) is 17.3. The molecular weight excluding hydrogens is 322 g/mol. The second kappa shape index (κ2) is 6.77. The first-order chi connectivity index (χ1) is 11.5. The van der Waals surface area contributed by atoms with E-state index in [4.69, 9.17) is 4.74 Å². The molecule has 24 heavy (non-hydrogen) atoms. The van der Waals surface area contributed by atoms with Crippen LogP contribution >= 0.6 is 11.3 Å². The third-order valence-electron chi connectivity index (χ3n) is 4.11. The quantitative estimate of drug-likeness (QED) is 0.843. The fourth-order valence-corrected chi connectivity index (χ4v) is 4.47. The van der Waals surface area contributed by atoms with Gasteiger partial charge in [-0.25, -0.2) is 4.79 Å². The number of rotatable bonds is 4. The highest BCUT2D eigenvalue weighted by molar-refractivity contribution is 7.17.